The summed E-state index contributed by atoms with van der Waals surface area (Å²) in [4.78, 5) is 0. The van der Waals surface area contributed by atoms with Crippen LogP contribution in [0.5, 0.6) is 0 Å². The summed E-state index contributed by atoms with van der Waals surface area (Å²) in [5.74, 6) is 0.356. The van der Waals surface area contributed by atoms with Crippen LogP contribution >= 0.6 is 0 Å². The van der Waals surface area contributed by atoms with E-state index in [-0.39, 0.29) is 16.7 Å². The van der Waals surface area contributed by atoms with Crippen molar-refractivity contribution in [3.8, 4) is 0 Å². The van der Waals surface area contributed by atoms with Gasteiger partial charge in [0.1, 0.15) is 0 Å². The average Bonchev–Trinajstić information content (AvgIpc) is 2.60. The minimum absolute atomic E-state index is 0.0964. The molecular formula is C14H29NO2S. The normalized spacial score (nSPS) is 27.6. The summed E-state index contributed by atoms with van der Waals surface area (Å²) >= 11 is 0. The van der Waals surface area contributed by atoms with Crippen LogP contribution in [0.1, 0.15) is 59.8 Å². The Morgan fingerprint density at radius 1 is 1.22 bits per heavy atom. The highest BCUT2D eigenvalue weighted by molar-refractivity contribution is 7.92. The minimum Gasteiger partial charge on any atom is -0.312 e. The molecule has 0 heterocycles. The van der Waals surface area contributed by atoms with Gasteiger partial charge in [-0.3, -0.25) is 0 Å². The number of nitrogens with one attached hydrogen (secondary N) is 1. The van der Waals surface area contributed by atoms with Crippen molar-refractivity contribution in [2.24, 2.45) is 5.41 Å². The Hall–Kier alpha value is -0.0900. The first-order valence-corrected chi connectivity index (χ1v) is 9.01. The lowest BCUT2D eigenvalue weighted by Gasteiger charge is -2.31. The highest BCUT2D eigenvalue weighted by atomic mass is 32.2. The second kappa shape index (κ2) is 6.38. The van der Waals surface area contributed by atoms with Crippen molar-refractivity contribution >= 4 is 9.84 Å². The van der Waals surface area contributed by atoms with Crippen molar-refractivity contribution < 1.29 is 8.42 Å². The molecule has 2 unspecified atom stereocenters. The summed E-state index contributed by atoms with van der Waals surface area (Å²) in [6.45, 7) is 9.45. The fraction of sp³-hybridized carbons (Fsp3) is 1.00. The first-order valence-electron chi connectivity index (χ1n) is 7.30. The molecule has 0 aromatic carbocycles. The highest BCUT2D eigenvalue weighted by Crippen LogP contribution is 2.41. The number of hydrogen-bond donors (Lipinski definition) is 1. The van der Waals surface area contributed by atoms with Gasteiger partial charge in [0, 0.05) is 6.04 Å². The molecule has 108 valence electrons. The van der Waals surface area contributed by atoms with Crippen molar-refractivity contribution in [1.29, 1.82) is 0 Å². The Bertz CT molecular complexity index is 349. The first kappa shape index (κ1) is 16.0. The smallest absolute Gasteiger partial charge is 0.154 e. The monoisotopic (exact) mass is 275 g/mol. The highest BCUT2D eigenvalue weighted by Gasteiger charge is 2.46. The molecule has 1 aliphatic rings. The molecule has 0 amide bonds. The molecule has 0 aromatic heterocycles. The first-order chi connectivity index (χ1) is 8.35. The summed E-state index contributed by atoms with van der Waals surface area (Å²) < 4.78 is 24.8. The van der Waals surface area contributed by atoms with E-state index in [0.29, 0.717) is 5.75 Å². The zero-order chi connectivity index (χ0) is 13.8. The van der Waals surface area contributed by atoms with Gasteiger partial charge in [-0.15, -0.1) is 0 Å². The third-order valence-electron chi connectivity index (χ3n) is 4.14. The van der Waals surface area contributed by atoms with Gasteiger partial charge in [-0.2, -0.15) is 0 Å². The topological polar surface area (TPSA) is 46.2 Å². The fourth-order valence-electron chi connectivity index (χ4n) is 2.93. The summed E-state index contributed by atoms with van der Waals surface area (Å²) in [5, 5.41) is 3.30. The van der Waals surface area contributed by atoms with Crippen LogP contribution in [0.2, 0.25) is 0 Å². The lowest BCUT2D eigenvalue weighted by molar-refractivity contribution is 0.285. The fourth-order valence-corrected chi connectivity index (χ4v) is 5.28. The maximum absolute atomic E-state index is 12.4. The molecular weight excluding hydrogens is 246 g/mol. The molecule has 3 nitrogen and oxygen atoms in total. The van der Waals surface area contributed by atoms with E-state index in [1.165, 1.54) is 0 Å². The van der Waals surface area contributed by atoms with E-state index < -0.39 is 9.84 Å². The zero-order valence-electron chi connectivity index (χ0n) is 12.3. The summed E-state index contributed by atoms with van der Waals surface area (Å²) in [5.41, 5.74) is 0.0964. The molecule has 0 aliphatic heterocycles. The Morgan fingerprint density at radius 2 is 1.89 bits per heavy atom. The van der Waals surface area contributed by atoms with Crippen LogP contribution in [0.3, 0.4) is 0 Å². The van der Waals surface area contributed by atoms with Gasteiger partial charge in [-0.05, 0) is 37.6 Å². The largest absolute Gasteiger partial charge is 0.312 e. The van der Waals surface area contributed by atoms with Crippen LogP contribution in [0.25, 0.3) is 0 Å². The Kier molecular flexibility index (Phi) is 5.66. The molecule has 1 aliphatic carbocycles. The molecule has 18 heavy (non-hydrogen) atoms. The summed E-state index contributed by atoms with van der Waals surface area (Å²) in [6, 6.07) is 0.124. The van der Waals surface area contributed by atoms with E-state index >= 15 is 0 Å². The maximum Gasteiger partial charge on any atom is 0.154 e. The van der Waals surface area contributed by atoms with Gasteiger partial charge < -0.3 is 5.32 Å². The van der Waals surface area contributed by atoms with E-state index in [4.69, 9.17) is 0 Å². The lowest BCUT2D eigenvalue weighted by Crippen LogP contribution is -2.48. The number of hydrogen-bond acceptors (Lipinski definition) is 3. The second-order valence-corrected chi connectivity index (χ2v) is 8.56. The minimum atomic E-state index is -2.94. The Morgan fingerprint density at radius 3 is 2.44 bits per heavy atom. The molecule has 0 bridgehead atoms. The van der Waals surface area contributed by atoms with Gasteiger partial charge in [0.2, 0.25) is 0 Å². The predicted octanol–water partition coefficient (Wildman–Crippen LogP) is 2.76. The van der Waals surface area contributed by atoms with Crippen molar-refractivity contribution in [3.63, 3.8) is 0 Å². The summed E-state index contributed by atoms with van der Waals surface area (Å²) in [6.07, 6.45) is 4.61. The van der Waals surface area contributed by atoms with E-state index in [9.17, 15) is 8.42 Å². The Balaban J connectivity index is 2.80. The van der Waals surface area contributed by atoms with Crippen LogP contribution in [-0.4, -0.2) is 32.0 Å². The van der Waals surface area contributed by atoms with Crippen LogP contribution in [0.4, 0.5) is 0 Å². The standard InChI is InChI=1S/C14H29NO2S/c1-5-7-11-18(16,17)12-8-9-14(3,4)13(12)15-10-6-2/h12-13,15H,5-11H2,1-4H3. The van der Waals surface area contributed by atoms with E-state index in [2.05, 4.69) is 26.1 Å². The van der Waals surface area contributed by atoms with Gasteiger partial charge in [0.15, 0.2) is 9.84 Å². The molecule has 1 saturated carbocycles. The third kappa shape index (κ3) is 3.70. The quantitative estimate of drug-likeness (QED) is 0.777. The van der Waals surface area contributed by atoms with Crippen molar-refractivity contribution in [1.82, 2.24) is 5.32 Å². The number of rotatable bonds is 7. The molecule has 1 fully saturated rings. The van der Waals surface area contributed by atoms with Crippen LogP contribution in [0.15, 0.2) is 0 Å². The van der Waals surface area contributed by atoms with Crippen LogP contribution in [-0.2, 0) is 9.84 Å². The SMILES string of the molecule is CCCCS(=O)(=O)C1CCC(C)(C)C1NCCC. The van der Waals surface area contributed by atoms with Gasteiger partial charge in [-0.1, -0.05) is 34.1 Å². The molecule has 0 aromatic rings. The van der Waals surface area contributed by atoms with Gasteiger partial charge in [-0.25, -0.2) is 8.42 Å². The molecule has 1 rings (SSSR count). The van der Waals surface area contributed by atoms with Crippen LogP contribution < -0.4 is 5.32 Å². The average molecular weight is 275 g/mol. The zero-order valence-corrected chi connectivity index (χ0v) is 13.1. The van der Waals surface area contributed by atoms with E-state index in [1.54, 1.807) is 0 Å². The van der Waals surface area contributed by atoms with Crippen molar-refractivity contribution in [2.75, 3.05) is 12.3 Å². The van der Waals surface area contributed by atoms with Crippen LogP contribution in [0, 0.1) is 5.41 Å². The predicted molar refractivity (Wildman–Crippen MR) is 77.6 cm³/mol. The molecule has 0 spiro atoms. The summed E-state index contributed by atoms with van der Waals surface area (Å²) in [7, 11) is -2.94. The third-order valence-corrected chi connectivity index (χ3v) is 6.43. The van der Waals surface area contributed by atoms with Gasteiger partial charge in [0.25, 0.3) is 0 Å². The van der Waals surface area contributed by atoms with Gasteiger partial charge >= 0.3 is 0 Å². The maximum atomic E-state index is 12.4. The van der Waals surface area contributed by atoms with Crippen molar-refractivity contribution in [2.45, 2.75) is 71.1 Å². The van der Waals surface area contributed by atoms with E-state index in [0.717, 1.165) is 38.6 Å². The second-order valence-electron chi connectivity index (χ2n) is 6.22. The Labute approximate surface area is 113 Å². The molecule has 0 saturated heterocycles. The van der Waals surface area contributed by atoms with E-state index in [1.807, 2.05) is 6.92 Å². The van der Waals surface area contributed by atoms with Crippen molar-refractivity contribution in [3.05, 3.63) is 0 Å². The molecule has 4 heteroatoms. The molecule has 0 radical (unpaired) electrons. The van der Waals surface area contributed by atoms with Gasteiger partial charge in [0.05, 0.1) is 11.0 Å². The number of unbranched alkanes of at least 4 members (excludes halogenated alkanes) is 1. The number of sulfone groups is 1. The molecule has 2 atom stereocenters. The lowest BCUT2D eigenvalue weighted by atomic mass is 9.87. The molecule has 1 N–H and O–H groups in total.